The summed E-state index contributed by atoms with van der Waals surface area (Å²) in [4.78, 5) is 12.4. The van der Waals surface area contributed by atoms with Crippen molar-refractivity contribution in [2.45, 2.75) is 19.8 Å². The summed E-state index contributed by atoms with van der Waals surface area (Å²) in [5.41, 5.74) is 3.05. The number of nitrogens with zero attached hydrogens (tertiary/aromatic N) is 2. The summed E-state index contributed by atoms with van der Waals surface area (Å²) >= 11 is 0. The van der Waals surface area contributed by atoms with Crippen LogP contribution in [0, 0.1) is 0 Å². The maximum Gasteiger partial charge on any atom is 0.276 e. The Labute approximate surface area is 158 Å². The number of methoxy groups -OCH3 is 1. The van der Waals surface area contributed by atoms with E-state index in [0.717, 1.165) is 5.69 Å². The van der Waals surface area contributed by atoms with Gasteiger partial charge in [-0.2, -0.15) is 0 Å². The Morgan fingerprint density at radius 2 is 1.81 bits per heavy atom. The monoisotopic (exact) mass is 362 g/mol. The summed E-state index contributed by atoms with van der Waals surface area (Å²) in [5.74, 6) is 1.31. The first-order chi connectivity index (χ1) is 13.1. The molecule has 138 valence electrons. The molecule has 0 unspecified atom stereocenters. The quantitative estimate of drug-likeness (QED) is 0.670. The molecule has 2 aromatic carbocycles. The number of benzene rings is 2. The van der Waals surface area contributed by atoms with E-state index in [2.05, 4.69) is 40.7 Å². The van der Waals surface area contributed by atoms with Gasteiger partial charge in [0, 0.05) is 17.4 Å². The van der Waals surface area contributed by atoms with Crippen molar-refractivity contribution in [3.05, 3.63) is 71.9 Å². The molecule has 6 heteroatoms. The molecule has 0 aliphatic heterocycles. The minimum atomic E-state index is -0.329. The zero-order chi connectivity index (χ0) is 19.2. The number of amides is 1. The van der Waals surface area contributed by atoms with Crippen LogP contribution in [0.4, 0.5) is 17.2 Å². The van der Waals surface area contributed by atoms with Crippen molar-refractivity contribution in [2.24, 2.45) is 0 Å². The summed E-state index contributed by atoms with van der Waals surface area (Å²) in [6, 6.07) is 18.6. The number of hydrogen-bond acceptors (Lipinski definition) is 5. The second kappa shape index (κ2) is 8.31. The van der Waals surface area contributed by atoms with E-state index in [1.54, 1.807) is 37.4 Å². The molecule has 0 saturated heterocycles. The van der Waals surface area contributed by atoms with Crippen LogP contribution in [0.1, 0.15) is 35.8 Å². The van der Waals surface area contributed by atoms with Gasteiger partial charge in [0.15, 0.2) is 11.5 Å². The highest BCUT2D eigenvalue weighted by Gasteiger charge is 2.11. The molecule has 3 aromatic rings. The predicted octanol–water partition coefficient (Wildman–Crippen LogP) is 4.60. The molecule has 1 heterocycles. The maximum absolute atomic E-state index is 12.4. The lowest BCUT2D eigenvalue weighted by atomic mass is 10.0. The Kier molecular flexibility index (Phi) is 5.66. The van der Waals surface area contributed by atoms with Gasteiger partial charge in [-0.15, -0.1) is 10.2 Å². The van der Waals surface area contributed by atoms with Gasteiger partial charge >= 0.3 is 0 Å². The summed E-state index contributed by atoms with van der Waals surface area (Å²) in [7, 11) is 1.58. The molecule has 0 fully saturated rings. The van der Waals surface area contributed by atoms with Crippen LogP contribution < -0.4 is 15.4 Å². The molecule has 0 spiro atoms. The first-order valence-electron chi connectivity index (χ1n) is 8.72. The number of para-hydroxylation sites is 1. The van der Waals surface area contributed by atoms with E-state index in [1.807, 2.05) is 24.3 Å². The molecule has 6 nitrogen and oxygen atoms in total. The molecule has 0 aliphatic rings. The van der Waals surface area contributed by atoms with Crippen LogP contribution in [0.3, 0.4) is 0 Å². The normalized spacial score (nSPS) is 10.5. The number of carbonyl (C=O) groups is 1. The SMILES string of the molecule is COc1cccc(NC(=O)c2ccc(Nc3ccccc3C(C)C)nn2)c1. The molecule has 0 aliphatic carbocycles. The number of rotatable bonds is 6. The smallest absolute Gasteiger partial charge is 0.276 e. The van der Waals surface area contributed by atoms with Crippen molar-refractivity contribution in [2.75, 3.05) is 17.7 Å². The van der Waals surface area contributed by atoms with Crippen LogP contribution in [0.5, 0.6) is 5.75 Å². The second-order valence-electron chi connectivity index (χ2n) is 6.36. The van der Waals surface area contributed by atoms with Crippen LogP contribution >= 0.6 is 0 Å². The van der Waals surface area contributed by atoms with Gasteiger partial charge in [0.1, 0.15) is 5.75 Å². The summed E-state index contributed by atoms with van der Waals surface area (Å²) in [5, 5.41) is 14.2. The fourth-order valence-corrected chi connectivity index (χ4v) is 2.67. The standard InChI is InChI=1S/C21H22N4O2/c1-14(2)17-9-4-5-10-18(17)23-20-12-11-19(24-25-20)21(26)22-15-7-6-8-16(13-15)27-3/h4-14H,1-3H3,(H,22,26)(H,23,25). The van der Waals surface area contributed by atoms with E-state index in [-0.39, 0.29) is 11.6 Å². The van der Waals surface area contributed by atoms with Crippen LogP contribution in [-0.4, -0.2) is 23.2 Å². The molecular weight excluding hydrogens is 340 g/mol. The molecule has 3 rings (SSSR count). The summed E-state index contributed by atoms with van der Waals surface area (Å²) < 4.78 is 5.15. The van der Waals surface area contributed by atoms with Crippen LogP contribution in [0.2, 0.25) is 0 Å². The van der Waals surface area contributed by atoms with E-state index in [1.165, 1.54) is 5.56 Å². The third-order valence-electron chi connectivity index (χ3n) is 4.07. The molecule has 0 atom stereocenters. The number of hydrogen-bond donors (Lipinski definition) is 2. The van der Waals surface area contributed by atoms with Crippen molar-refractivity contribution in [1.29, 1.82) is 0 Å². The van der Waals surface area contributed by atoms with E-state index < -0.39 is 0 Å². The predicted molar refractivity (Wildman–Crippen MR) is 107 cm³/mol. The van der Waals surface area contributed by atoms with Crippen molar-refractivity contribution in [1.82, 2.24) is 10.2 Å². The number of anilines is 3. The van der Waals surface area contributed by atoms with Crippen molar-refractivity contribution in [3.8, 4) is 5.75 Å². The lowest BCUT2D eigenvalue weighted by Gasteiger charge is -2.13. The number of carbonyl (C=O) groups excluding carboxylic acids is 1. The van der Waals surface area contributed by atoms with E-state index >= 15 is 0 Å². The van der Waals surface area contributed by atoms with Gasteiger partial charge in [-0.3, -0.25) is 4.79 Å². The Bertz CT molecular complexity index is 923. The van der Waals surface area contributed by atoms with Crippen molar-refractivity contribution in [3.63, 3.8) is 0 Å². The lowest BCUT2D eigenvalue weighted by molar-refractivity contribution is 0.102. The average Bonchev–Trinajstić information content (AvgIpc) is 2.69. The van der Waals surface area contributed by atoms with Crippen LogP contribution in [0.25, 0.3) is 0 Å². The molecule has 27 heavy (non-hydrogen) atoms. The minimum absolute atomic E-state index is 0.237. The molecule has 2 N–H and O–H groups in total. The first-order valence-corrected chi connectivity index (χ1v) is 8.72. The zero-order valence-electron chi connectivity index (χ0n) is 15.6. The minimum Gasteiger partial charge on any atom is -0.497 e. The zero-order valence-corrected chi connectivity index (χ0v) is 15.6. The van der Waals surface area contributed by atoms with Gasteiger partial charge in [-0.25, -0.2) is 0 Å². The summed E-state index contributed by atoms with van der Waals surface area (Å²) in [6.45, 7) is 4.27. The number of ether oxygens (including phenoxy) is 1. The third-order valence-corrected chi connectivity index (χ3v) is 4.07. The van der Waals surface area contributed by atoms with E-state index in [0.29, 0.717) is 23.2 Å². The molecule has 0 bridgehead atoms. The fourth-order valence-electron chi connectivity index (χ4n) is 2.67. The summed E-state index contributed by atoms with van der Waals surface area (Å²) in [6.07, 6.45) is 0. The van der Waals surface area contributed by atoms with Gasteiger partial charge in [-0.1, -0.05) is 38.1 Å². The lowest BCUT2D eigenvalue weighted by Crippen LogP contribution is -2.14. The number of aromatic nitrogens is 2. The molecular formula is C21H22N4O2. The van der Waals surface area contributed by atoms with Crippen molar-refractivity contribution < 1.29 is 9.53 Å². The topological polar surface area (TPSA) is 76.1 Å². The van der Waals surface area contributed by atoms with E-state index in [9.17, 15) is 4.79 Å². The van der Waals surface area contributed by atoms with Gasteiger partial charge in [0.25, 0.3) is 5.91 Å². The molecule has 1 amide bonds. The second-order valence-corrected chi connectivity index (χ2v) is 6.36. The number of nitrogens with one attached hydrogen (secondary N) is 2. The Balaban J connectivity index is 1.71. The third kappa shape index (κ3) is 4.61. The van der Waals surface area contributed by atoms with Gasteiger partial charge < -0.3 is 15.4 Å². The Hall–Kier alpha value is -3.41. The van der Waals surface area contributed by atoms with Gasteiger partial charge in [0.2, 0.25) is 0 Å². The van der Waals surface area contributed by atoms with Crippen LogP contribution in [-0.2, 0) is 0 Å². The molecule has 0 saturated carbocycles. The van der Waals surface area contributed by atoms with Crippen molar-refractivity contribution >= 4 is 23.1 Å². The van der Waals surface area contributed by atoms with Gasteiger partial charge in [0.05, 0.1) is 7.11 Å². The Morgan fingerprint density at radius 3 is 2.52 bits per heavy atom. The van der Waals surface area contributed by atoms with Crippen LogP contribution in [0.15, 0.2) is 60.7 Å². The Morgan fingerprint density at radius 1 is 1.00 bits per heavy atom. The maximum atomic E-state index is 12.4. The molecule has 0 radical (unpaired) electrons. The van der Waals surface area contributed by atoms with E-state index in [4.69, 9.17) is 4.74 Å². The van der Waals surface area contributed by atoms with Gasteiger partial charge in [-0.05, 0) is 41.8 Å². The average molecular weight is 362 g/mol. The molecule has 1 aromatic heterocycles. The largest absolute Gasteiger partial charge is 0.497 e. The fraction of sp³-hybridized carbons (Fsp3) is 0.190. The highest BCUT2D eigenvalue weighted by Crippen LogP contribution is 2.26. The highest BCUT2D eigenvalue weighted by atomic mass is 16.5. The highest BCUT2D eigenvalue weighted by molar-refractivity contribution is 6.02. The first kappa shape index (κ1) is 18.4.